The fourth-order valence-electron chi connectivity index (χ4n) is 1.51. The van der Waals surface area contributed by atoms with Crippen LogP contribution in [-0.4, -0.2) is 40.9 Å². The molecule has 0 aliphatic carbocycles. The number of hydrogen-bond donors (Lipinski definition) is 1. The van der Waals surface area contributed by atoms with E-state index in [1.807, 2.05) is 27.2 Å². The van der Waals surface area contributed by atoms with Crippen molar-refractivity contribution in [2.75, 3.05) is 24.8 Å². The van der Waals surface area contributed by atoms with Gasteiger partial charge < -0.3 is 10.6 Å². The summed E-state index contributed by atoms with van der Waals surface area (Å²) in [5.41, 5.74) is 7.48. The van der Waals surface area contributed by atoms with Gasteiger partial charge in [0, 0.05) is 18.8 Å². The average molecular weight is 253 g/mol. The predicted octanol–water partition coefficient (Wildman–Crippen LogP) is 1.80. The molecule has 1 aromatic rings. The van der Waals surface area contributed by atoms with Gasteiger partial charge in [0.2, 0.25) is 0 Å². The fraction of sp³-hybridized carbons (Fsp3) is 0.500. The first-order valence-corrected chi connectivity index (χ1v) is 6.85. The summed E-state index contributed by atoms with van der Waals surface area (Å²) in [6.45, 7) is 3.85. The molecule has 0 saturated heterocycles. The molecule has 4 nitrogen and oxygen atoms in total. The quantitative estimate of drug-likeness (QED) is 0.889. The van der Waals surface area contributed by atoms with E-state index in [4.69, 9.17) is 5.73 Å². The van der Waals surface area contributed by atoms with E-state index in [9.17, 15) is 4.79 Å². The Balaban J connectivity index is 2.92. The van der Waals surface area contributed by atoms with Gasteiger partial charge >= 0.3 is 0 Å². The Morgan fingerprint density at radius 3 is 2.88 bits per heavy atom. The SMILES string of the molecule is CSCC(C)N(C)C(=O)c1cc(N)cnc1C. The van der Waals surface area contributed by atoms with Crippen molar-refractivity contribution in [3.05, 3.63) is 23.5 Å². The monoisotopic (exact) mass is 253 g/mol. The molecule has 5 heteroatoms. The van der Waals surface area contributed by atoms with Gasteiger partial charge in [0.05, 0.1) is 23.1 Å². The van der Waals surface area contributed by atoms with Crippen LogP contribution in [0.2, 0.25) is 0 Å². The highest BCUT2D eigenvalue weighted by molar-refractivity contribution is 7.98. The lowest BCUT2D eigenvalue weighted by atomic mass is 10.1. The van der Waals surface area contributed by atoms with E-state index in [2.05, 4.69) is 4.98 Å². The van der Waals surface area contributed by atoms with Crippen LogP contribution in [0, 0.1) is 6.92 Å². The minimum atomic E-state index is -0.0242. The summed E-state index contributed by atoms with van der Waals surface area (Å²) >= 11 is 1.72. The lowest BCUT2D eigenvalue weighted by Gasteiger charge is -2.24. The predicted molar refractivity (Wildman–Crippen MR) is 73.3 cm³/mol. The number of rotatable bonds is 4. The van der Waals surface area contributed by atoms with Crippen molar-refractivity contribution in [1.29, 1.82) is 0 Å². The van der Waals surface area contributed by atoms with Gasteiger partial charge in [-0.1, -0.05) is 0 Å². The first kappa shape index (κ1) is 13.8. The maximum absolute atomic E-state index is 12.3. The summed E-state index contributed by atoms with van der Waals surface area (Å²) in [5, 5.41) is 0. The van der Waals surface area contributed by atoms with Crippen LogP contribution in [0.1, 0.15) is 23.0 Å². The standard InChI is InChI=1S/C12H19N3OS/c1-8(7-17-4)15(3)12(16)11-5-10(13)6-14-9(11)2/h5-6,8H,7,13H2,1-4H3. The van der Waals surface area contributed by atoms with Crippen LogP contribution >= 0.6 is 11.8 Å². The molecule has 0 radical (unpaired) electrons. The van der Waals surface area contributed by atoms with Gasteiger partial charge in [0.25, 0.3) is 5.91 Å². The molecule has 1 heterocycles. The third kappa shape index (κ3) is 3.36. The van der Waals surface area contributed by atoms with Gasteiger partial charge in [-0.15, -0.1) is 0 Å². The summed E-state index contributed by atoms with van der Waals surface area (Å²) in [4.78, 5) is 18.1. The van der Waals surface area contributed by atoms with Crippen LogP contribution in [0.4, 0.5) is 5.69 Å². The Kier molecular flexibility index (Phi) is 4.81. The van der Waals surface area contributed by atoms with Crippen molar-refractivity contribution in [2.45, 2.75) is 19.9 Å². The first-order chi connectivity index (χ1) is 7.97. The molecule has 0 aromatic carbocycles. The number of hydrogen-bond acceptors (Lipinski definition) is 4. The lowest BCUT2D eigenvalue weighted by molar-refractivity contribution is 0.0756. The maximum Gasteiger partial charge on any atom is 0.255 e. The molecule has 0 spiro atoms. The second kappa shape index (κ2) is 5.91. The van der Waals surface area contributed by atoms with Crippen LogP contribution in [0.3, 0.4) is 0 Å². The van der Waals surface area contributed by atoms with E-state index in [0.29, 0.717) is 16.9 Å². The van der Waals surface area contributed by atoms with E-state index in [0.717, 1.165) is 5.75 Å². The van der Waals surface area contributed by atoms with Crippen molar-refractivity contribution in [2.24, 2.45) is 0 Å². The van der Waals surface area contributed by atoms with E-state index < -0.39 is 0 Å². The summed E-state index contributed by atoms with van der Waals surface area (Å²) in [7, 11) is 1.81. The molecular weight excluding hydrogens is 234 g/mol. The normalized spacial score (nSPS) is 12.2. The van der Waals surface area contributed by atoms with Gasteiger partial charge in [-0.3, -0.25) is 9.78 Å². The zero-order chi connectivity index (χ0) is 13.0. The summed E-state index contributed by atoms with van der Waals surface area (Å²) in [6.07, 6.45) is 3.60. The molecule has 1 atom stereocenters. The molecule has 17 heavy (non-hydrogen) atoms. The number of carbonyl (C=O) groups excluding carboxylic acids is 1. The molecule has 2 N–H and O–H groups in total. The molecule has 1 amide bonds. The number of pyridine rings is 1. The number of nitrogens with zero attached hydrogens (tertiary/aromatic N) is 2. The van der Waals surface area contributed by atoms with Crippen LogP contribution in [0.15, 0.2) is 12.3 Å². The number of nitrogen functional groups attached to an aromatic ring is 1. The Bertz CT molecular complexity index is 409. The van der Waals surface area contributed by atoms with Gasteiger partial charge in [-0.25, -0.2) is 0 Å². The minimum absolute atomic E-state index is 0.0242. The largest absolute Gasteiger partial charge is 0.397 e. The number of aryl methyl sites for hydroxylation is 1. The topological polar surface area (TPSA) is 59.2 Å². The number of anilines is 1. The van der Waals surface area contributed by atoms with Gasteiger partial charge in [-0.05, 0) is 26.2 Å². The van der Waals surface area contributed by atoms with Crippen molar-refractivity contribution < 1.29 is 4.79 Å². The second-order valence-electron chi connectivity index (χ2n) is 4.12. The van der Waals surface area contributed by atoms with E-state index >= 15 is 0 Å². The highest BCUT2D eigenvalue weighted by atomic mass is 32.2. The van der Waals surface area contributed by atoms with E-state index in [-0.39, 0.29) is 11.9 Å². The number of thioether (sulfide) groups is 1. The van der Waals surface area contributed by atoms with Crippen molar-refractivity contribution in [3.8, 4) is 0 Å². The van der Waals surface area contributed by atoms with Crippen LogP contribution in [0.5, 0.6) is 0 Å². The Morgan fingerprint density at radius 1 is 1.65 bits per heavy atom. The third-order valence-electron chi connectivity index (χ3n) is 2.73. The minimum Gasteiger partial charge on any atom is -0.397 e. The Hall–Kier alpha value is -1.23. The van der Waals surface area contributed by atoms with Crippen LogP contribution in [-0.2, 0) is 0 Å². The molecule has 1 aromatic heterocycles. The van der Waals surface area contributed by atoms with E-state index in [1.54, 1.807) is 28.9 Å². The molecule has 1 rings (SSSR count). The molecule has 0 bridgehead atoms. The van der Waals surface area contributed by atoms with Gasteiger partial charge in [-0.2, -0.15) is 11.8 Å². The van der Waals surface area contributed by atoms with E-state index in [1.165, 1.54) is 0 Å². The fourth-order valence-corrected chi connectivity index (χ4v) is 2.21. The third-order valence-corrected chi connectivity index (χ3v) is 3.54. The molecule has 94 valence electrons. The van der Waals surface area contributed by atoms with Gasteiger partial charge in [0.15, 0.2) is 0 Å². The summed E-state index contributed by atoms with van der Waals surface area (Å²) in [6, 6.07) is 1.88. The Labute approximate surface area is 107 Å². The highest BCUT2D eigenvalue weighted by Gasteiger charge is 2.19. The second-order valence-corrected chi connectivity index (χ2v) is 5.03. The molecule has 0 saturated carbocycles. The van der Waals surface area contributed by atoms with Gasteiger partial charge in [0.1, 0.15) is 0 Å². The first-order valence-electron chi connectivity index (χ1n) is 5.45. The molecular formula is C12H19N3OS. The van der Waals surface area contributed by atoms with Crippen LogP contribution in [0.25, 0.3) is 0 Å². The number of amides is 1. The summed E-state index contributed by atoms with van der Waals surface area (Å²) in [5.74, 6) is 0.890. The number of aromatic nitrogens is 1. The molecule has 0 aliphatic heterocycles. The number of carbonyl (C=O) groups is 1. The van der Waals surface area contributed by atoms with Crippen molar-refractivity contribution >= 4 is 23.4 Å². The molecule has 0 aliphatic rings. The van der Waals surface area contributed by atoms with Crippen molar-refractivity contribution in [1.82, 2.24) is 9.88 Å². The lowest BCUT2D eigenvalue weighted by Crippen LogP contribution is -2.37. The zero-order valence-electron chi connectivity index (χ0n) is 10.7. The smallest absolute Gasteiger partial charge is 0.255 e. The molecule has 0 fully saturated rings. The molecule has 1 unspecified atom stereocenters. The maximum atomic E-state index is 12.3. The zero-order valence-corrected chi connectivity index (χ0v) is 11.5. The highest BCUT2D eigenvalue weighted by Crippen LogP contribution is 2.14. The van der Waals surface area contributed by atoms with Crippen molar-refractivity contribution in [3.63, 3.8) is 0 Å². The Morgan fingerprint density at radius 2 is 2.29 bits per heavy atom. The summed E-state index contributed by atoms with van der Waals surface area (Å²) < 4.78 is 0. The van der Waals surface area contributed by atoms with Crippen LogP contribution < -0.4 is 5.73 Å². The number of nitrogens with two attached hydrogens (primary N) is 1. The average Bonchev–Trinajstić information content (AvgIpc) is 2.30.